The van der Waals surface area contributed by atoms with Crippen LogP contribution in [0.5, 0.6) is 0 Å². The second-order valence-electron chi connectivity index (χ2n) is 2.20. The van der Waals surface area contributed by atoms with Crippen molar-refractivity contribution >= 4 is 18.3 Å². The zero-order chi connectivity index (χ0) is 9.14. The van der Waals surface area contributed by atoms with E-state index in [1.165, 1.54) is 12.1 Å². The van der Waals surface area contributed by atoms with Gasteiger partial charge in [0.15, 0.2) is 0 Å². The van der Waals surface area contributed by atoms with Gasteiger partial charge < -0.3 is 10.0 Å². The first kappa shape index (κ1) is 8.72. The molecule has 0 atom stereocenters. The Morgan fingerprint density at radius 2 is 2.08 bits per heavy atom. The zero-order valence-corrected chi connectivity index (χ0v) is 6.03. The Hall–Kier alpha value is -1.38. The third-order valence-electron chi connectivity index (χ3n) is 1.39. The Kier molecular flexibility index (Phi) is 2.43. The van der Waals surface area contributed by atoms with Gasteiger partial charge in [-0.2, -0.15) is 0 Å². The van der Waals surface area contributed by atoms with E-state index in [0.717, 1.165) is 6.07 Å². The van der Waals surface area contributed by atoms with Crippen LogP contribution in [0.15, 0.2) is 18.2 Å². The lowest BCUT2D eigenvalue weighted by molar-refractivity contribution is 0.425. The van der Waals surface area contributed by atoms with E-state index in [1.54, 1.807) is 0 Å². The van der Waals surface area contributed by atoms with E-state index in [2.05, 4.69) is 4.85 Å². The monoisotopic (exact) mass is 165 g/mol. The van der Waals surface area contributed by atoms with Crippen LogP contribution < -0.4 is 5.46 Å². The second-order valence-corrected chi connectivity index (χ2v) is 2.20. The van der Waals surface area contributed by atoms with Crippen LogP contribution in [0, 0.1) is 12.4 Å². The Balaban J connectivity index is 3.12. The molecule has 0 aliphatic rings. The molecular weight excluding hydrogens is 160 g/mol. The Bertz CT molecular complexity index is 335. The lowest BCUT2D eigenvalue weighted by Gasteiger charge is -1.99. The van der Waals surface area contributed by atoms with Gasteiger partial charge in [0.1, 0.15) is 5.82 Å². The molecular formula is C7H5BFNO2. The van der Waals surface area contributed by atoms with Crippen LogP contribution in [0.1, 0.15) is 0 Å². The molecule has 0 amide bonds. The van der Waals surface area contributed by atoms with Gasteiger partial charge in [-0.15, -0.1) is 0 Å². The molecule has 0 aliphatic carbocycles. The van der Waals surface area contributed by atoms with Crippen LogP contribution in [-0.2, 0) is 0 Å². The lowest BCUT2D eigenvalue weighted by atomic mass is 9.80. The molecule has 2 N–H and O–H groups in total. The highest BCUT2D eigenvalue weighted by atomic mass is 19.1. The summed E-state index contributed by atoms with van der Waals surface area (Å²) in [4.78, 5) is 2.88. The predicted octanol–water partition coefficient (Wildman–Crippen LogP) is 0.0563. The van der Waals surface area contributed by atoms with Crippen LogP contribution in [0.25, 0.3) is 4.85 Å². The van der Waals surface area contributed by atoms with E-state index in [4.69, 9.17) is 16.6 Å². The van der Waals surface area contributed by atoms with Gasteiger partial charge in [-0.3, -0.25) is 0 Å². The smallest absolute Gasteiger partial charge is 0.423 e. The quantitative estimate of drug-likeness (QED) is 0.456. The average molecular weight is 165 g/mol. The summed E-state index contributed by atoms with van der Waals surface area (Å²) in [5.41, 5.74) is -0.0840. The second kappa shape index (κ2) is 3.35. The van der Waals surface area contributed by atoms with Crippen molar-refractivity contribution in [3.63, 3.8) is 0 Å². The molecule has 5 heteroatoms. The normalized spacial score (nSPS) is 9.17. The summed E-state index contributed by atoms with van der Waals surface area (Å²) >= 11 is 0. The van der Waals surface area contributed by atoms with E-state index in [1.807, 2.05) is 0 Å². The molecule has 1 rings (SSSR count). The Morgan fingerprint density at radius 3 is 2.50 bits per heavy atom. The molecule has 0 saturated heterocycles. The van der Waals surface area contributed by atoms with Crippen LogP contribution in [0.3, 0.4) is 0 Å². The van der Waals surface area contributed by atoms with Gasteiger partial charge in [-0.25, -0.2) is 9.24 Å². The number of nitrogens with zero attached hydrogens (tertiary/aromatic N) is 1. The minimum Gasteiger partial charge on any atom is -0.423 e. The minimum atomic E-state index is -1.70. The van der Waals surface area contributed by atoms with Crippen LogP contribution in [0.2, 0.25) is 0 Å². The molecule has 3 nitrogen and oxygen atoms in total. The molecule has 0 unspecified atom stereocenters. The molecule has 0 saturated carbocycles. The Labute approximate surface area is 69.0 Å². The molecule has 0 spiro atoms. The standard InChI is InChI=1S/C7H5BFNO2/c1-10-7-3-2-5(8(11)12)4-6(7)9/h2-4,11-12H. The molecule has 0 radical (unpaired) electrons. The third kappa shape index (κ3) is 1.61. The van der Waals surface area contributed by atoms with Crippen molar-refractivity contribution in [2.45, 2.75) is 0 Å². The van der Waals surface area contributed by atoms with Gasteiger partial charge in [0.25, 0.3) is 0 Å². The maximum atomic E-state index is 12.8. The van der Waals surface area contributed by atoms with Crippen molar-refractivity contribution in [2.75, 3.05) is 0 Å². The zero-order valence-electron chi connectivity index (χ0n) is 6.03. The first-order valence-electron chi connectivity index (χ1n) is 3.18. The maximum absolute atomic E-state index is 12.8. The summed E-state index contributed by atoms with van der Waals surface area (Å²) in [5.74, 6) is -0.740. The highest BCUT2D eigenvalue weighted by molar-refractivity contribution is 6.58. The highest BCUT2D eigenvalue weighted by Crippen LogP contribution is 2.14. The Morgan fingerprint density at radius 1 is 1.42 bits per heavy atom. The average Bonchev–Trinajstić information content (AvgIpc) is 2.04. The van der Waals surface area contributed by atoms with Crippen molar-refractivity contribution in [1.29, 1.82) is 0 Å². The van der Waals surface area contributed by atoms with Crippen molar-refractivity contribution in [1.82, 2.24) is 0 Å². The van der Waals surface area contributed by atoms with Crippen molar-refractivity contribution in [3.8, 4) is 0 Å². The van der Waals surface area contributed by atoms with Gasteiger partial charge in [-0.1, -0.05) is 12.1 Å². The molecule has 1 aromatic rings. The number of halogens is 1. The third-order valence-corrected chi connectivity index (χ3v) is 1.39. The first-order valence-corrected chi connectivity index (χ1v) is 3.18. The maximum Gasteiger partial charge on any atom is 0.488 e. The van der Waals surface area contributed by atoms with E-state index in [-0.39, 0.29) is 11.2 Å². The van der Waals surface area contributed by atoms with Crippen LogP contribution in [-0.4, -0.2) is 17.2 Å². The number of rotatable bonds is 1. The summed E-state index contributed by atoms with van der Waals surface area (Å²) in [5, 5.41) is 17.2. The molecule has 0 bridgehead atoms. The number of hydrogen-bond acceptors (Lipinski definition) is 2. The summed E-state index contributed by atoms with van der Waals surface area (Å²) in [6.07, 6.45) is 0. The van der Waals surface area contributed by atoms with Crippen molar-refractivity contribution in [2.24, 2.45) is 0 Å². The van der Waals surface area contributed by atoms with Crippen LogP contribution >= 0.6 is 0 Å². The molecule has 0 aliphatic heterocycles. The van der Waals surface area contributed by atoms with E-state index in [0.29, 0.717) is 0 Å². The number of hydrogen-bond donors (Lipinski definition) is 2. The van der Waals surface area contributed by atoms with Gasteiger partial charge >= 0.3 is 7.12 Å². The highest BCUT2D eigenvalue weighted by Gasteiger charge is 2.12. The first-order chi connectivity index (χ1) is 5.65. The van der Waals surface area contributed by atoms with Gasteiger partial charge in [0, 0.05) is 0 Å². The molecule has 0 aromatic heterocycles. The number of benzene rings is 1. The summed E-state index contributed by atoms with van der Waals surface area (Å²) in [6.45, 7) is 6.52. The molecule has 0 heterocycles. The van der Waals surface area contributed by atoms with E-state index < -0.39 is 12.9 Å². The van der Waals surface area contributed by atoms with Gasteiger partial charge in [0.05, 0.1) is 6.57 Å². The van der Waals surface area contributed by atoms with Gasteiger partial charge in [-0.05, 0) is 11.5 Å². The summed E-state index contributed by atoms with van der Waals surface area (Å²) in [6, 6.07) is 3.43. The lowest BCUT2D eigenvalue weighted by Crippen LogP contribution is -2.29. The summed E-state index contributed by atoms with van der Waals surface area (Å²) in [7, 11) is -1.70. The largest absolute Gasteiger partial charge is 0.488 e. The fourth-order valence-corrected chi connectivity index (χ4v) is 0.774. The molecule has 1 aromatic carbocycles. The van der Waals surface area contributed by atoms with Crippen molar-refractivity contribution < 1.29 is 14.4 Å². The van der Waals surface area contributed by atoms with E-state index in [9.17, 15) is 4.39 Å². The fourth-order valence-electron chi connectivity index (χ4n) is 0.774. The van der Waals surface area contributed by atoms with E-state index >= 15 is 0 Å². The van der Waals surface area contributed by atoms with Crippen LogP contribution in [0.4, 0.5) is 10.1 Å². The summed E-state index contributed by atoms with van der Waals surface area (Å²) < 4.78 is 12.8. The predicted molar refractivity (Wildman–Crippen MR) is 42.5 cm³/mol. The molecule has 12 heavy (non-hydrogen) atoms. The van der Waals surface area contributed by atoms with Crippen molar-refractivity contribution in [3.05, 3.63) is 35.4 Å². The van der Waals surface area contributed by atoms with Gasteiger partial charge in [0.2, 0.25) is 5.69 Å². The minimum absolute atomic E-state index is 0.0416. The fraction of sp³-hybridized carbons (Fsp3) is 0. The molecule has 0 fully saturated rings. The molecule has 60 valence electrons. The topological polar surface area (TPSA) is 44.8 Å². The SMILES string of the molecule is [C-]#[N+]c1ccc(B(O)O)cc1F.